The Morgan fingerprint density at radius 1 is 1.18 bits per heavy atom. The molecule has 2 rings (SSSR count). The van der Waals surface area contributed by atoms with Gasteiger partial charge in [0.1, 0.15) is 0 Å². The van der Waals surface area contributed by atoms with E-state index >= 15 is 0 Å². The highest BCUT2D eigenvalue weighted by Gasteiger charge is 2.25. The molecule has 100 valence electrons. The topological polar surface area (TPSA) is 30.5 Å². The van der Waals surface area contributed by atoms with Crippen molar-refractivity contribution in [1.82, 2.24) is 5.32 Å². The lowest BCUT2D eigenvalue weighted by Gasteiger charge is -2.23. The van der Waals surface area contributed by atoms with Gasteiger partial charge in [-0.1, -0.05) is 6.42 Å². The molecule has 0 aromatic heterocycles. The van der Waals surface area contributed by atoms with Crippen LogP contribution in [0.5, 0.6) is 0 Å². The van der Waals surface area contributed by atoms with Gasteiger partial charge in [-0.2, -0.15) is 0 Å². The molecule has 0 spiro atoms. The molecule has 2 fully saturated rings. The van der Waals surface area contributed by atoms with E-state index < -0.39 is 0 Å². The Bertz CT molecular complexity index is 204. The second-order valence-electron chi connectivity index (χ2n) is 5.44. The van der Waals surface area contributed by atoms with Crippen LogP contribution in [0.2, 0.25) is 0 Å². The average Bonchev–Trinajstić information content (AvgIpc) is 2.83. The zero-order valence-corrected chi connectivity index (χ0v) is 11.1. The maximum absolute atomic E-state index is 5.78. The first-order chi connectivity index (χ1) is 8.40. The van der Waals surface area contributed by atoms with Gasteiger partial charge in [0.2, 0.25) is 0 Å². The smallest absolute Gasteiger partial charge is 0.0808 e. The van der Waals surface area contributed by atoms with Crippen LogP contribution in [0.4, 0.5) is 0 Å². The van der Waals surface area contributed by atoms with Gasteiger partial charge in [-0.25, -0.2) is 0 Å². The molecule has 1 aliphatic carbocycles. The van der Waals surface area contributed by atoms with Crippen molar-refractivity contribution < 1.29 is 9.47 Å². The molecule has 1 saturated heterocycles. The first-order valence-corrected chi connectivity index (χ1v) is 7.26. The highest BCUT2D eigenvalue weighted by molar-refractivity contribution is 4.81. The quantitative estimate of drug-likeness (QED) is 0.724. The molecule has 3 unspecified atom stereocenters. The monoisotopic (exact) mass is 241 g/mol. The Hall–Kier alpha value is -0.120. The predicted molar refractivity (Wildman–Crippen MR) is 69.2 cm³/mol. The molecule has 1 N–H and O–H groups in total. The Morgan fingerprint density at radius 3 is 2.88 bits per heavy atom. The van der Waals surface area contributed by atoms with Crippen LogP contribution < -0.4 is 5.32 Å². The third kappa shape index (κ3) is 4.23. The minimum absolute atomic E-state index is 0.368. The molecule has 0 aromatic rings. The second-order valence-corrected chi connectivity index (χ2v) is 5.44. The van der Waals surface area contributed by atoms with Crippen LogP contribution in [-0.2, 0) is 9.47 Å². The summed E-state index contributed by atoms with van der Waals surface area (Å²) < 4.78 is 11.4. The number of ether oxygens (including phenoxy) is 2. The van der Waals surface area contributed by atoms with Crippen molar-refractivity contribution in [2.75, 3.05) is 26.9 Å². The van der Waals surface area contributed by atoms with Gasteiger partial charge in [0.15, 0.2) is 0 Å². The molecule has 0 radical (unpaired) electrons. The van der Waals surface area contributed by atoms with Gasteiger partial charge in [0.05, 0.1) is 12.7 Å². The van der Waals surface area contributed by atoms with E-state index in [0.29, 0.717) is 6.10 Å². The number of hydrogen-bond acceptors (Lipinski definition) is 3. The molecule has 1 saturated carbocycles. The van der Waals surface area contributed by atoms with E-state index in [1.54, 1.807) is 0 Å². The summed E-state index contributed by atoms with van der Waals surface area (Å²) in [6, 6.07) is 0.726. The molecule has 1 heterocycles. The maximum Gasteiger partial charge on any atom is 0.0808 e. The minimum Gasteiger partial charge on any atom is -0.379 e. The molecule has 0 aromatic carbocycles. The maximum atomic E-state index is 5.78. The summed E-state index contributed by atoms with van der Waals surface area (Å²) >= 11 is 0. The summed E-state index contributed by atoms with van der Waals surface area (Å²) in [6.45, 7) is 2.64. The van der Waals surface area contributed by atoms with Crippen LogP contribution in [-0.4, -0.2) is 39.0 Å². The highest BCUT2D eigenvalue weighted by atomic mass is 16.5. The van der Waals surface area contributed by atoms with Crippen molar-refractivity contribution in [2.45, 2.75) is 57.1 Å². The normalized spacial score (nSPS) is 34.1. The van der Waals surface area contributed by atoms with Crippen molar-refractivity contribution >= 4 is 0 Å². The molecule has 17 heavy (non-hydrogen) atoms. The van der Waals surface area contributed by atoms with E-state index in [4.69, 9.17) is 9.47 Å². The van der Waals surface area contributed by atoms with Crippen molar-refractivity contribution in [3.8, 4) is 0 Å². The van der Waals surface area contributed by atoms with Gasteiger partial charge in [-0.05, 0) is 51.5 Å². The van der Waals surface area contributed by atoms with Gasteiger partial charge in [0, 0.05) is 19.3 Å². The zero-order chi connectivity index (χ0) is 11.9. The van der Waals surface area contributed by atoms with E-state index in [1.807, 2.05) is 0 Å². The third-order valence-electron chi connectivity index (χ3n) is 4.24. The fraction of sp³-hybridized carbons (Fsp3) is 1.00. The molecule has 3 atom stereocenters. The summed E-state index contributed by atoms with van der Waals surface area (Å²) in [5.74, 6) is 0.826. The molecule has 0 bridgehead atoms. The second kappa shape index (κ2) is 7.34. The van der Waals surface area contributed by atoms with Crippen molar-refractivity contribution in [2.24, 2.45) is 5.92 Å². The molecular weight excluding hydrogens is 214 g/mol. The molecule has 2 aliphatic rings. The number of rotatable bonds is 6. The van der Waals surface area contributed by atoms with Crippen molar-refractivity contribution in [3.05, 3.63) is 0 Å². The van der Waals surface area contributed by atoms with E-state index in [1.165, 1.54) is 44.9 Å². The lowest BCUT2D eigenvalue weighted by atomic mass is 10.0. The molecule has 3 nitrogen and oxygen atoms in total. The van der Waals surface area contributed by atoms with Crippen LogP contribution >= 0.6 is 0 Å². The van der Waals surface area contributed by atoms with E-state index in [9.17, 15) is 0 Å². The molecule has 1 aliphatic heterocycles. The number of hydrogen-bond donors (Lipinski definition) is 1. The van der Waals surface area contributed by atoms with Crippen LogP contribution in [0.3, 0.4) is 0 Å². The molecular formula is C14H27NO2. The highest BCUT2D eigenvalue weighted by Crippen LogP contribution is 2.28. The molecule has 0 amide bonds. The fourth-order valence-corrected chi connectivity index (χ4v) is 3.15. The van der Waals surface area contributed by atoms with Gasteiger partial charge in [0.25, 0.3) is 0 Å². The summed E-state index contributed by atoms with van der Waals surface area (Å²) in [7, 11) is 2.08. The Morgan fingerprint density at radius 2 is 2.12 bits per heavy atom. The standard InChI is InChI=1S/C14H27NO2/c1-15-14-7-4-5-12(14)8-10-16-11-13-6-2-3-9-17-13/h12-15H,2-11H2,1H3. The summed E-state index contributed by atoms with van der Waals surface area (Å²) in [6.07, 6.45) is 9.37. The third-order valence-corrected chi connectivity index (χ3v) is 4.24. The Balaban J connectivity index is 1.53. The van der Waals surface area contributed by atoms with Gasteiger partial charge in [-0.3, -0.25) is 0 Å². The first-order valence-electron chi connectivity index (χ1n) is 7.26. The van der Waals surface area contributed by atoms with E-state index in [2.05, 4.69) is 12.4 Å². The molecule has 3 heteroatoms. The average molecular weight is 241 g/mol. The first kappa shape index (κ1) is 13.3. The summed E-state index contributed by atoms with van der Waals surface area (Å²) in [4.78, 5) is 0. The minimum atomic E-state index is 0.368. The van der Waals surface area contributed by atoms with Gasteiger partial charge < -0.3 is 14.8 Å². The SMILES string of the molecule is CNC1CCCC1CCOCC1CCCCO1. The van der Waals surface area contributed by atoms with Crippen LogP contribution in [0.15, 0.2) is 0 Å². The zero-order valence-electron chi connectivity index (χ0n) is 11.1. The van der Waals surface area contributed by atoms with Gasteiger partial charge >= 0.3 is 0 Å². The Kier molecular flexibility index (Phi) is 5.75. The van der Waals surface area contributed by atoms with E-state index in [-0.39, 0.29) is 0 Å². The van der Waals surface area contributed by atoms with Crippen LogP contribution in [0, 0.1) is 5.92 Å². The fourth-order valence-electron chi connectivity index (χ4n) is 3.15. The Labute approximate surface area is 105 Å². The van der Waals surface area contributed by atoms with E-state index in [0.717, 1.165) is 31.8 Å². The van der Waals surface area contributed by atoms with Crippen molar-refractivity contribution in [1.29, 1.82) is 0 Å². The predicted octanol–water partition coefficient (Wildman–Crippen LogP) is 2.35. The van der Waals surface area contributed by atoms with Crippen LogP contribution in [0.25, 0.3) is 0 Å². The lowest BCUT2D eigenvalue weighted by molar-refractivity contribution is -0.0426. The lowest BCUT2D eigenvalue weighted by Crippen LogP contribution is -2.30. The van der Waals surface area contributed by atoms with Crippen LogP contribution in [0.1, 0.15) is 44.9 Å². The summed E-state index contributed by atoms with van der Waals surface area (Å²) in [5.41, 5.74) is 0. The van der Waals surface area contributed by atoms with Crippen molar-refractivity contribution in [3.63, 3.8) is 0 Å². The largest absolute Gasteiger partial charge is 0.379 e. The summed E-state index contributed by atoms with van der Waals surface area (Å²) in [5, 5.41) is 3.42. The number of nitrogens with one attached hydrogen (secondary N) is 1. The van der Waals surface area contributed by atoms with Gasteiger partial charge in [-0.15, -0.1) is 0 Å².